The van der Waals surface area contributed by atoms with E-state index in [9.17, 15) is 9.59 Å². The Kier molecular flexibility index (Phi) is 5.59. The number of benzene rings is 1. The highest BCUT2D eigenvalue weighted by molar-refractivity contribution is 6.42. The first-order valence-electron chi connectivity index (χ1n) is 5.40. The predicted octanol–water partition coefficient (Wildman–Crippen LogP) is 2.63. The average molecular weight is 290 g/mol. The second-order valence-corrected chi connectivity index (χ2v) is 4.52. The molecular weight excluding hydrogens is 277 g/mol. The molecule has 98 valence electrons. The van der Waals surface area contributed by atoms with Gasteiger partial charge in [0.1, 0.15) is 0 Å². The summed E-state index contributed by atoms with van der Waals surface area (Å²) in [5.74, 6) is -1.34. The van der Waals surface area contributed by atoms with E-state index in [0.717, 1.165) is 0 Å². The van der Waals surface area contributed by atoms with Crippen LogP contribution in [0.15, 0.2) is 18.2 Å². The molecule has 1 atom stereocenters. The average Bonchev–Trinajstić information content (AvgIpc) is 2.31. The molecule has 0 amide bonds. The van der Waals surface area contributed by atoms with E-state index < -0.39 is 12.0 Å². The van der Waals surface area contributed by atoms with Crippen molar-refractivity contribution in [1.82, 2.24) is 5.32 Å². The van der Waals surface area contributed by atoms with Crippen molar-refractivity contribution in [3.05, 3.63) is 33.8 Å². The van der Waals surface area contributed by atoms with Crippen molar-refractivity contribution >= 4 is 35.0 Å². The normalized spacial score (nSPS) is 12.2. The van der Waals surface area contributed by atoms with Crippen LogP contribution in [0.4, 0.5) is 0 Å². The maximum atomic E-state index is 12.1. The molecule has 1 aromatic carbocycles. The van der Waals surface area contributed by atoms with Gasteiger partial charge in [0, 0.05) is 5.56 Å². The van der Waals surface area contributed by atoms with Crippen LogP contribution >= 0.6 is 23.2 Å². The van der Waals surface area contributed by atoms with Gasteiger partial charge in [-0.15, -0.1) is 0 Å². The zero-order valence-electron chi connectivity index (χ0n) is 9.74. The highest BCUT2D eigenvalue weighted by Crippen LogP contribution is 2.23. The van der Waals surface area contributed by atoms with Gasteiger partial charge < -0.3 is 10.4 Å². The number of carbonyl (C=O) groups excluding carboxylic acids is 1. The summed E-state index contributed by atoms with van der Waals surface area (Å²) in [4.78, 5) is 22.8. The number of carboxylic acid groups (broad SMARTS) is 1. The Labute approximate surface area is 115 Å². The smallest absolute Gasteiger partial charge is 0.305 e. The molecule has 0 aliphatic heterocycles. The van der Waals surface area contributed by atoms with Gasteiger partial charge in [0.05, 0.1) is 22.5 Å². The van der Waals surface area contributed by atoms with E-state index in [0.29, 0.717) is 17.1 Å². The molecule has 0 saturated carbocycles. The fraction of sp³-hybridized carbons (Fsp3) is 0.333. The monoisotopic (exact) mass is 289 g/mol. The van der Waals surface area contributed by atoms with Gasteiger partial charge in [-0.2, -0.15) is 0 Å². The van der Waals surface area contributed by atoms with Crippen molar-refractivity contribution in [2.45, 2.75) is 19.4 Å². The summed E-state index contributed by atoms with van der Waals surface area (Å²) in [6.07, 6.45) is -0.271. The Morgan fingerprint density at radius 1 is 1.33 bits per heavy atom. The lowest BCUT2D eigenvalue weighted by Gasteiger charge is -2.14. The number of carboxylic acids is 1. The lowest BCUT2D eigenvalue weighted by molar-refractivity contribution is -0.137. The zero-order chi connectivity index (χ0) is 13.7. The molecule has 2 N–H and O–H groups in total. The Bertz CT molecular complexity index is 463. The molecule has 18 heavy (non-hydrogen) atoms. The molecule has 0 radical (unpaired) electrons. The van der Waals surface area contributed by atoms with Crippen molar-refractivity contribution in [1.29, 1.82) is 0 Å². The molecule has 0 fully saturated rings. The number of likely N-dealkylation sites (N-methyl/N-ethyl adjacent to an activating group) is 1. The summed E-state index contributed by atoms with van der Waals surface area (Å²) in [5.41, 5.74) is 0.344. The van der Waals surface area contributed by atoms with Crippen LogP contribution in [0.25, 0.3) is 0 Å². The number of hydrogen-bond donors (Lipinski definition) is 2. The van der Waals surface area contributed by atoms with Crippen LogP contribution in [0.3, 0.4) is 0 Å². The number of hydrogen-bond acceptors (Lipinski definition) is 3. The number of halogens is 2. The van der Waals surface area contributed by atoms with E-state index in [-0.39, 0.29) is 17.2 Å². The van der Waals surface area contributed by atoms with E-state index >= 15 is 0 Å². The van der Waals surface area contributed by atoms with Gasteiger partial charge in [-0.3, -0.25) is 9.59 Å². The third kappa shape index (κ3) is 3.98. The van der Waals surface area contributed by atoms with Gasteiger partial charge in [-0.25, -0.2) is 0 Å². The Hall–Kier alpha value is -1.10. The van der Waals surface area contributed by atoms with Gasteiger partial charge in [0.25, 0.3) is 0 Å². The molecule has 0 saturated heterocycles. The third-order valence-electron chi connectivity index (χ3n) is 2.35. The van der Waals surface area contributed by atoms with Gasteiger partial charge in [-0.05, 0) is 24.7 Å². The molecular formula is C12H13Cl2NO3. The van der Waals surface area contributed by atoms with Crippen LogP contribution in [0.5, 0.6) is 0 Å². The third-order valence-corrected chi connectivity index (χ3v) is 3.09. The first-order chi connectivity index (χ1) is 8.45. The highest BCUT2D eigenvalue weighted by atomic mass is 35.5. The van der Waals surface area contributed by atoms with Crippen LogP contribution in [0, 0.1) is 0 Å². The molecule has 4 nitrogen and oxygen atoms in total. The van der Waals surface area contributed by atoms with Crippen LogP contribution in [-0.2, 0) is 4.79 Å². The summed E-state index contributed by atoms with van der Waals surface area (Å²) in [7, 11) is 0. The fourth-order valence-corrected chi connectivity index (χ4v) is 1.83. The van der Waals surface area contributed by atoms with E-state index in [1.165, 1.54) is 18.2 Å². The van der Waals surface area contributed by atoms with Gasteiger partial charge in [0.15, 0.2) is 5.78 Å². The summed E-state index contributed by atoms with van der Waals surface area (Å²) >= 11 is 11.6. The van der Waals surface area contributed by atoms with Crippen LogP contribution in [-0.4, -0.2) is 29.4 Å². The minimum atomic E-state index is -1.03. The van der Waals surface area contributed by atoms with E-state index in [1.54, 1.807) is 6.92 Å². The number of rotatable bonds is 6. The predicted molar refractivity (Wildman–Crippen MR) is 70.5 cm³/mol. The molecule has 0 aromatic heterocycles. The van der Waals surface area contributed by atoms with Crippen LogP contribution in [0.2, 0.25) is 10.0 Å². The second-order valence-electron chi connectivity index (χ2n) is 3.70. The molecule has 1 unspecified atom stereocenters. The van der Waals surface area contributed by atoms with E-state index in [4.69, 9.17) is 28.3 Å². The largest absolute Gasteiger partial charge is 0.481 e. The molecule has 0 bridgehead atoms. The quantitative estimate of drug-likeness (QED) is 0.790. The summed E-state index contributed by atoms with van der Waals surface area (Å²) in [5, 5.41) is 12.2. The van der Waals surface area contributed by atoms with Crippen molar-refractivity contribution in [3.8, 4) is 0 Å². The van der Waals surface area contributed by atoms with Gasteiger partial charge >= 0.3 is 5.97 Å². The highest BCUT2D eigenvalue weighted by Gasteiger charge is 2.22. The minimum Gasteiger partial charge on any atom is -0.481 e. The molecule has 1 aromatic rings. The Morgan fingerprint density at radius 2 is 2.00 bits per heavy atom. The van der Waals surface area contributed by atoms with Gasteiger partial charge in [-0.1, -0.05) is 30.1 Å². The maximum Gasteiger partial charge on any atom is 0.305 e. The number of nitrogens with one attached hydrogen (secondary N) is 1. The second kappa shape index (κ2) is 6.73. The number of ketones is 1. The van der Waals surface area contributed by atoms with E-state index in [2.05, 4.69) is 5.32 Å². The summed E-state index contributed by atoms with van der Waals surface area (Å²) in [6, 6.07) is 3.73. The Balaban J connectivity index is 2.93. The topological polar surface area (TPSA) is 66.4 Å². The number of carbonyl (C=O) groups is 2. The maximum absolute atomic E-state index is 12.1. The first kappa shape index (κ1) is 15.0. The molecule has 6 heteroatoms. The summed E-state index contributed by atoms with van der Waals surface area (Å²) in [6.45, 7) is 2.31. The minimum absolute atomic E-state index is 0.271. The number of Topliss-reactive ketones (excluding diaryl/α,β-unsaturated/α-hetero) is 1. The van der Waals surface area contributed by atoms with Crippen molar-refractivity contribution in [2.24, 2.45) is 0 Å². The zero-order valence-corrected chi connectivity index (χ0v) is 11.3. The molecule has 0 aliphatic rings. The van der Waals surface area contributed by atoms with Crippen molar-refractivity contribution < 1.29 is 14.7 Å². The Morgan fingerprint density at radius 3 is 2.50 bits per heavy atom. The van der Waals surface area contributed by atoms with Crippen molar-refractivity contribution in [2.75, 3.05) is 6.54 Å². The number of aliphatic carboxylic acids is 1. The molecule has 0 aliphatic carbocycles. The van der Waals surface area contributed by atoms with Crippen LogP contribution < -0.4 is 5.32 Å². The molecule has 1 rings (SSSR count). The molecule has 0 spiro atoms. The van der Waals surface area contributed by atoms with Gasteiger partial charge in [0.2, 0.25) is 0 Å². The summed E-state index contributed by atoms with van der Waals surface area (Å²) < 4.78 is 0. The SMILES string of the molecule is CCNC(CC(=O)O)C(=O)c1ccc(Cl)c(Cl)c1. The standard InChI is InChI=1S/C12H13Cl2NO3/c1-2-15-10(6-11(16)17)12(18)7-3-4-8(13)9(14)5-7/h3-5,10,15H,2,6H2,1H3,(H,16,17). The first-order valence-corrected chi connectivity index (χ1v) is 6.15. The van der Waals surface area contributed by atoms with Crippen molar-refractivity contribution in [3.63, 3.8) is 0 Å². The lowest BCUT2D eigenvalue weighted by atomic mass is 10.0. The lowest BCUT2D eigenvalue weighted by Crippen LogP contribution is -2.38. The van der Waals surface area contributed by atoms with E-state index in [1.807, 2.05) is 0 Å². The molecule has 0 heterocycles. The van der Waals surface area contributed by atoms with Crippen LogP contribution in [0.1, 0.15) is 23.7 Å². The fourth-order valence-electron chi connectivity index (χ4n) is 1.53.